The molecule has 0 saturated heterocycles. The smallest absolute Gasteiger partial charge is 0.264 e. The van der Waals surface area contributed by atoms with Gasteiger partial charge in [0.1, 0.15) is 0 Å². The number of hydrogen-bond donors (Lipinski definition) is 0. The SMILES string of the molecule is Cc1cc(-c2cnccc2C)cc(C(F)(F)F)c1. The van der Waals surface area contributed by atoms with Crippen LogP contribution in [0.15, 0.2) is 36.7 Å². The van der Waals surface area contributed by atoms with Crippen LogP contribution >= 0.6 is 0 Å². The van der Waals surface area contributed by atoms with Crippen LogP contribution in [0.2, 0.25) is 0 Å². The zero-order chi connectivity index (χ0) is 13.3. The first-order valence-corrected chi connectivity index (χ1v) is 5.48. The minimum Gasteiger partial charge on any atom is -0.264 e. The second kappa shape index (κ2) is 4.44. The summed E-state index contributed by atoms with van der Waals surface area (Å²) in [5.41, 5.74) is 2.15. The van der Waals surface area contributed by atoms with Gasteiger partial charge < -0.3 is 0 Å². The molecule has 2 aromatic rings. The predicted molar refractivity (Wildman–Crippen MR) is 64.1 cm³/mol. The molecule has 94 valence electrons. The van der Waals surface area contributed by atoms with E-state index in [1.54, 1.807) is 31.5 Å². The lowest BCUT2D eigenvalue weighted by molar-refractivity contribution is -0.137. The van der Waals surface area contributed by atoms with Crippen LogP contribution in [0.1, 0.15) is 16.7 Å². The number of halogens is 3. The van der Waals surface area contributed by atoms with E-state index in [1.807, 2.05) is 6.92 Å². The van der Waals surface area contributed by atoms with Gasteiger partial charge in [-0.25, -0.2) is 0 Å². The lowest BCUT2D eigenvalue weighted by Crippen LogP contribution is -2.05. The molecule has 1 aromatic carbocycles. The summed E-state index contributed by atoms with van der Waals surface area (Å²) >= 11 is 0. The lowest BCUT2D eigenvalue weighted by atomic mass is 9.98. The van der Waals surface area contributed by atoms with Crippen LogP contribution in [0.25, 0.3) is 11.1 Å². The lowest BCUT2D eigenvalue weighted by Gasteiger charge is -2.11. The Morgan fingerprint density at radius 2 is 1.78 bits per heavy atom. The van der Waals surface area contributed by atoms with Gasteiger partial charge in [-0.15, -0.1) is 0 Å². The molecule has 1 nitrogen and oxygen atoms in total. The van der Waals surface area contributed by atoms with Crippen LogP contribution in [0.3, 0.4) is 0 Å². The van der Waals surface area contributed by atoms with Gasteiger partial charge in [-0.05, 0) is 48.7 Å². The van der Waals surface area contributed by atoms with Crippen LogP contribution in [0.4, 0.5) is 13.2 Å². The van der Waals surface area contributed by atoms with Gasteiger partial charge in [-0.1, -0.05) is 6.07 Å². The number of rotatable bonds is 1. The highest BCUT2D eigenvalue weighted by atomic mass is 19.4. The molecule has 1 heterocycles. The number of nitrogens with zero attached hydrogens (tertiary/aromatic N) is 1. The Labute approximate surface area is 103 Å². The molecule has 1 aromatic heterocycles. The molecule has 0 spiro atoms. The number of alkyl halides is 3. The van der Waals surface area contributed by atoms with Gasteiger partial charge in [0, 0.05) is 18.0 Å². The molecule has 0 saturated carbocycles. The van der Waals surface area contributed by atoms with E-state index in [1.165, 1.54) is 0 Å². The summed E-state index contributed by atoms with van der Waals surface area (Å²) in [5.74, 6) is 0. The maximum Gasteiger partial charge on any atom is 0.416 e. The highest BCUT2D eigenvalue weighted by molar-refractivity contribution is 5.67. The fraction of sp³-hybridized carbons (Fsp3) is 0.214. The van der Waals surface area contributed by atoms with E-state index < -0.39 is 11.7 Å². The largest absolute Gasteiger partial charge is 0.416 e. The second-order valence-corrected chi connectivity index (χ2v) is 4.28. The number of aromatic nitrogens is 1. The predicted octanol–water partition coefficient (Wildman–Crippen LogP) is 4.38. The third-order valence-corrected chi connectivity index (χ3v) is 2.75. The van der Waals surface area contributed by atoms with Crippen molar-refractivity contribution in [3.8, 4) is 11.1 Å². The first-order valence-electron chi connectivity index (χ1n) is 5.48. The summed E-state index contributed by atoms with van der Waals surface area (Å²) in [5, 5.41) is 0. The average molecular weight is 251 g/mol. The summed E-state index contributed by atoms with van der Waals surface area (Å²) in [6.07, 6.45) is -1.11. The fourth-order valence-corrected chi connectivity index (χ4v) is 1.87. The molecule has 2 rings (SSSR count). The summed E-state index contributed by atoms with van der Waals surface area (Å²) < 4.78 is 38.2. The highest BCUT2D eigenvalue weighted by Gasteiger charge is 2.31. The molecule has 0 aliphatic carbocycles. The molecular weight excluding hydrogens is 239 g/mol. The third kappa shape index (κ3) is 2.53. The summed E-state index contributed by atoms with van der Waals surface area (Å²) in [7, 11) is 0. The minimum absolute atomic E-state index is 0.549. The summed E-state index contributed by atoms with van der Waals surface area (Å²) in [6, 6.07) is 5.83. The zero-order valence-corrected chi connectivity index (χ0v) is 10.0. The summed E-state index contributed by atoms with van der Waals surface area (Å²) in [6.45, 7) is 3.51. The van der Waals surface area contributed by atoms with Crippen LogP contribution < -0.4 is 0 Å². The van der Waals surface area contributed by atoms with Crippen molar-refractivity contribution in [2.75, 3.05) is 0 Å². The van der Waals surface area contributed by atoms with Gasteiger partial charge in [0.2, 0.25) is 0 Å². The molecule has 0 fully saturated rings. The third-order valence-electron chi connectivity index (χ3n) is 2.75. The van der Waals surface area contributed by atoms with Gasteiger partial charge in [0.25, 0.3) is 0 Å². The molecule has 4 heteroatoms. The topological polar surface area (TPSA) is 12.9 Å². The van der Waals surface area contributed by atoms with Crippen molar-refractivity contribution >= 4 is 0 Å². The molecule has 0 N–H and O–H groups in total. The van der Waals surface area contributed by atoms with Gasteiger partial charge in [-0.2, -0.15) is 13.2 Å². The van der Waals surface area contributed by atoms with Crippen LogP contribution in [-0.4, -0.2) is 4.98 Å². The van der Waals surface area contributed by atoms with Crippen molar-refractivity contribution in [3.63, 3.8) is 0 Å². The van der Waals surface area contributed by atoms with Crippen molar-refractivity contribution in [1.29, 1.82) is 0 Å². The van der Waals surface area contributed by atoms with E-state index in [9.17, 15) is 13.2 Å². The van der Waals surface area contributed by atoms with E-state index in [0.29, 0.717) is 11.1 Å². The molecule has 0 aliphatic heterocycles. The van der Waals surface area contributed by atoms with Gasteiger partial charge >= 0.3 is 6.18 Å². The van der Waals surface area contributed by atoms with E-state index in [4.69, 9.17) is 0 Å². The van der Waals surface area contributed by atoms with Crippen LogP contribution in [0.5, 0.6) is 0 Å². The van der Waals surface area contributed by atoms with E-state index in [-0.39, 0.29) is 0 Å². The van der Waals surface area contributed by atoms with Crippen molar-refractivity contribution in [2.24, 2.45) is 0 Å². The van der Waals surface area contributed by atoms with E-state index in [0.717, 1.165) is 23.3 Å². The first-order chi connectivity index (χ1) is 8.38. The Morgan fingerprint density at radius 1 is 1.06 bits per heavy atom. The Hall–Kier alpha value is -1.84. The number of aryl methyl sites for hydroxylation is 2. The number of pyridine rings is 1. The maximum absolute atomic E-state index is 12.7. The van der Waals surface area contributed by atoms with Gasteiger partial charge in [0.15, 0.2) is 0 Å². The van der Waals surface area contributed by atoms with Crippen molar-refractivity contribution in [2.45, 2.75) is 20.0 Å². The highest BCUT2D eigenvalue weighted by Crippen LogP contribution is 2.33. The van der Waals surface area contributed by atoms with Gasteiger partial charge in [-0.3, -0.25) is 4.98 Å². The molecular formula is C14H12F3N. The van der Waals surface area contributed by atoms with Gasteiger partial charge in [0.05, 0.1) is 5.56 Å². The Morgan fingerprint density at radius 3 is 2.39 bits per heavy atom. The molecule has 0 bridgehead atoms. The number of benzene rings is 1. The van der Waals surface area contributed by atoms with Crippen molar-refractivity contribution in [3.05, 3.63) is 53.3 Å². The Balaban J connectivity index is 2.60. The Bertz CT molecular complexity index is 573. The quantitative estimate of drug-likeness (QED) is 0.732. The van der Waals surface area contributed by atoms with E-state index in [2.05, 4.69) is 4.98 Å². The second-order valence-electron chi connectivity index (χ2n) is 4.28. The number of hydrogen-bond acceptors (Lipinski definition) is 1. The standard InChI is InChI=1S/C14H12F3N/c1-9-5-11(7-12(6-9)14(15,16)17)13-8-18-4-3-10(13)2/h3-8H,1-2H3. The molecule has 0 amide bonds. The molecule has 18 heavy (non-hydrogen) atoms. The maximum atomic E-state index is 12.7. The molecule has 0 radical (unpaired) electrons. The summed E-state index contributed by atoms with van der Waals surface area (Å²) in [4.78, 5) is 3.96. The average Bonchev–Trinajstić information content (AvgIpc) is 2.27. The molecule has 0 unspecified atom stereocenters. The Kier molecular flexibility index (Phi) is 3.11. The van der Waals surface area contributed by atoms with Crippen molar-refractivity contribution < 1.29 is 13.2 Å². The zero-order valence-electron chi connectivity index (χ0n) is 10.0. The normalized spacial score (nSPS) is 11.6. The van der Waals surface area contributed by atoms with Crippen molar-refractivity contribution in [1.82, 2.24) is 4.98 Å². The molecule has 0 aliphatic rings. The molecule has 0 atom stereocenters. The van der Waals surface area contributed by atoms with E-state index >= 15 is 0 Å². The van der Waals surface area contributed by atoms with Crippen LogP contribution in [-0.2, 0) is 6.18 Å². The van der Waals surface area contributed by atoms with Crippen LogP contribution in [0, 0.1) is 13.8 Å². The monoisotopic (exact) mass is 251 g/mol. The fourth-order valence-electron chi connectivity index (χ4n) is 1.87. The minimum atomic E-state index is -4.32. The first kappa shape index (κ1) is 12.6.